The summed E-state index contributed by atoms with van der Waals surface area (Å²) < 4.78 is 0. The number of hydrogen-bond acceptors (Lipinski definition) is 4. The summed E-state index contributed by atoms with van der Waals surface area (Å²) in [4.78, 5) is 28.7. The van der Waals surface area contributed by atoms with Crippen LogP contribution in [-0.4, -0.2) is 16.9 Å². The van der Waals surface area contributed by atoms with Crippen molar-refractivity contribution in [3.05, 3.63) is 70.7 Å². The van der Waals surface area contributed by atoms with E-state index in [0.717, 1.165) is 30.5 Å². The smallest absolute Gasteiger partial charge is 0.325 e. The number of anilines is 3. The molecule has 0 aliphatic rings. The van der Waals surface area contributed by atoms with Gasteiger partial charge in [0.05, 0.1) is 12.1 Å². The van der Waals surface area contributed by atoms with Gasteiger partial charge in [-0.25, -0.2) is 9.78 Å². The Morgan fingerprint density at radius 1 is 0.933 bits per heavy atom. The number of benzene rings is 2. The largest absolute Gasteiger partial charge is 0.326 e. The molecule has 7 heteroatoms. The monoisotopic (exact) mass is 422 g/mol. The first-order chi connectivity index (χ1) is 14.5. The maximum absolute atomic E-state index is 12.3. The molecule has 0 atom stereocenters. The zero-order valence-electron chi connectivity index (χ0n) is 17.2. The number of aromatic nitrogens is 1. The highest BCUT2D eigenvalue weighted by Crippen LogP contribution is 2.18. The van der Waals surface area contributed by atoms with Crippen molar-refractivity contribution in [1.29, 1.82) is 0 Å². The second kappa shape index (κ2) is 10.5. The molecule has 0 radical (unpaired) electrons. The van der Waals surface area contributed by atoms with Crippen molar-refractivity contribution in [2.24, 2.45) is 0 Å². The van der Waals surface area contributed by atoms with Crippen molar-refractivity contribution in [2.75, 3.05) is 16.0 Å². The van der Waals surface area contributed by atoms with Gasteiger partial charge in [-0.1, -0.05) is 43.2 Å². The van der Waals surface area contributed by atoms with Crippen LogP contribution >= 0.6 is 11.3 Å². The third-order valence-electron chi connectivity index (χ3n) is 4.48. The summed E-state index contributed by atoms with van der Waals surface area (Å²) >= 11 is 1.29. The summed E-state index contributed by atoms with van der Waals surface area (Å²) in [5.74, 6) is -0.141. The molecule has 0 saturated heterocycles. The van der Waals surface area contributed by atoms with Crippen LogP contribution in [0.25, 0.3) is 0 Å². The number of thiazole rings is 1. The normalized spacial score (nSPS) is 10.5. The van der Waals surface area contributed by atoms with Crippen molar-refractivity contribution < 1.29 is 9.59 Å². The Balaban J connectivity index is 1.47. The molecule has 1 heterocycles. The van der Waals surface area contributed by atoms with E-state index in [1.807, 2.05) is 55.5 Å². The third-order valence-corrected chi connectivity index (χ3v) is 5.29. The van der Waals surface area contributed by atoms with Gasteiger partial charge in [-0.3, -0.25) is 10.1 Å². The van der Waals surface area contributed by atoms with Gasteiger partial charge in [-0.2, -0.15) is 0 Å². The molecule has 3 amide bonds. The highest BCUT2D eigenvalue weighted by atomic mass is 32.1. The summed E-state index contributed by atoms with van der Waals surface area (Å²) in [6.07, 6.45) is 3.53. The Labute approximate surface area is 180 Å². The quantitative estimate of drug-likeness (QED) is 0.441. The fourth-order valence-electron chi connectivity index (χ4n) is 2.85. The van der Waals surface area contributed by atoms with Gasteiger partial charge in [0, 0.05) is 16.8 Å². The van der Waals surface area contributed by atoms with Crippen LogP contribution in [0.5, 0.6) is 0 Å². The minimum absolute atomic E-state index is 0.141. The minimum Gasteiger partial charge on any atom is -0.326 e. The van der Waals surface area contributed by atoms with Crippen molar-refractivity contribution in [3.8, 4) is 0 Å². The number of rotatable bonds is 8. The van der Waals surface area contributed by atoms with Crippen LogP contribution in [0.4, 0.5) is 21.3 Å². The Kier molecular flexibility index (Phi) is 7.57. The molecule has 1 aromatic heterocycles. The molecule has 30 heavy (non-hydrogen) atoms. The predicted molar refractivity (Wildman–Crippen MR) is 123 cm³/mol. The first-order valence-corrected chi connectivity index (χ1v) is 10.9. The zero-order valence-corrected chi connectivity index (χ0v) is 18.0. The number of carbonyl (C=O) groups is 2. The number of unbranched alkanes of at least 4 members (excludes halogenated alkanes) is 1. The fourth-order valence-corrected chi connectivity index (χ4v) is 3.55. The van der Waals surface area contributed by atoms with Crippen LogP contribution in [0, 0.1) is 6.92 Å². The van der Waals surface area contributed by atoms with E-state index < -0.39 is 0 Å². The van der Waals surface area contributed by atoms with Gasteiger partial charge in [-0.15, -0.1) is 11.3 Å². The van der Waals surface area contributed by atoms with Gasteiger partial charge >= 0.3 is 6.03 Å². The highest BCUT2D eigenvalue weighted by Gasteiger charge is 2.10. The molecule has 156 valence electrons. The average molecular weight is 423 g/mol. The number of amides is 3. The van der Waals surface area contributed by atoms with E-state index in [9.17, 15) is 9.59 Å². The number of urea groups is 1. The van der Waals surface area contributed by atoms with Crippen LogP contribution in [-0.2, 0) is 17.6 Å². The SMILES string of the molecule is CCCCc1ccc(NC(=O)Cc2csc(NC(=O)Nc3ccc(C)cc3)n2)cc1. The first kappa shape index (κ1) is 21.5. The number of nitrogens with one attached hydrogen (secondary N) is 3. The van der Waals surface area contributed by atoms with Crippen molar-refractivity contribution in [3.63, 3.8) is 0 Å². The lowest BCUT2D eigenvalue weighted by Gasteiger charge is -2.06. The molecule has 0 fully saturated rings. The Morgan fingerprint density at radius 3 is 2.30 bits per heavy atom. The number of carbonyl (C=O) groups excluding carboxylic acids is 2. The van der Waals surface area contributed by atoms with E-state index in [2.05, 4.69) is 27.9 Å². The van der Waals surface area contributed by atoms with Crippen molar-refractivity contribution in [2.45, 2.75) is 39.5 Å². The third kappa shape index (κ3) is 6.70. The zero-order chi connectivity index (χ0) is 21.3. The van der Waals surface area contributed by atoms with Crippen LogP contribution in [0.2, 0.25) is 0 Å². The Morgan fingerprint density at radius 2 is 1.60 bits per heavy atom. The van der Waals surface area contributed by atoms with Gasteiger partial charge in [0.1, 0.15) is 0 Å². The van der Waals surface area contributed by atoms with Gasteiger partial charge in [-0.05, 0) is 49.6 Å². The van der Waals surface area contributed by atoms with E-state index in [1.165, 1.54) is 16.9 Å². The van der Waals surface area contributed by atoms with E-state index in [4.69, 9.17) is 0 Å². The second-order valence-electron chi connectivity index (χ2n) is 7.11. The molecule has 3 N–H and O–H groups in total. The highest BCUT2D eigenvalue weighted by molar-refractivity contribution is 7.14. The van der Waals surface area contributed by atoms with Crippen molar-refractivity contribution in [1.82, 2.24) is 4.98 Å². The van der Waals surface area contributed by atoms with E-state index >= 15 is 0 Å². The molecule has 6 nitrogen and oxygen atoms in total. The molecule has 0 unspecified atom stereocenters. The summed E-state index contributed by atoms with van der Waals surface area (Å²) in [5.41, 5.74) is 4.48. The Hall–Kier alpha value is -3.19. The molecular weight excluding hydrogens is 396 g/mol. The summed E-state index contributed by atoms with van der Waals surface area (Å²) in [6.45, 7) is 4.16. The van der Waals surface area contributed by atoms with Crippen molar-refractivity contribution >= 4 is 39.8 Å². The maximum Gasteiger partial charge on any atom is 0.325 e. The van der Waals surface area contributed by atoms with Gasteiger partial charge < -0.3 is 10.6 Å². The van der Waals surface area contributed by atoms with E-state index in [-0.39, 0.29) is 18.4 Å². The predicted octanol–water partition coefficient (Wildman–Crippen LogP) is 5.62. The van der Waals surface area contributed by atoms with Crippen LogP contribution in [0.1, 0.15) is 36.6 Å². The summed E-state index contributed by atoms with van der Waals surface area (Å²) in [5, 5.41) is 10.6. The Bertz CT molecular complexity index is 981. The van der Waals surface area contributed by atoms with Gasteiger partial charge in [0.25, 0.3) is 0 Å². The first-order valence-electron chi connectivity index (χ1n) is 9.99. The molecule has 0 spiro atoms. The molecule has 0 bridgehead atoms. The summed E-state index contributed by atoms with van der Waals surface area (Å²) in [6, 6.07) is 15.1. The van der Waals surface area contributed by atoms with E-state index in [1.54, 1.807) is 5.38 Å². The lowest BCUT2D eigenvalue weighted by Crippen LogP contribution is -2.19. The van der Waals surface area contributed by atoms with Crippen LogP contribution in [0.15, 0.2) is 53.9 Å². The van der Waals surface area contributed by atoms with Gasteiger partial charge in [0.15, 0.2) is 5.13 Å². The number of aryl methyl sites for hydroxylation is 2. The fraction of sp³-hybridized carbons (Fsp3) is 0.261. The average Bonchev–Trinajstić information content (AvgIpc) is 3.15. The molecule has 0 saturated carbocycles. The van der Waals surface area contributed by atoms with Crippen LogP contribution < -0.4 is 16.0 Å². The van der Waals surface area contributed by atoms with Crippen LogP contribution in [0.3, 0.4) is 0 Å². The standard InChI is InChI=1S/C23H26N4O2S/c1-3-4-5-17-8-12-18(13-9-17)24-21(28)14-20-15-30-23(26-20)27-22(29)25-19-10-6-16(2)7-11-19/h6-13,15H,3-5,14H2,1-2H3,(H,24,28)(H2,25,26,27,29). The second-order valence-corrected chi connectivity index (χ2v) is 7.97. The lowest BCUT2D eigenvalue weighted by atomic mass is 10.1. The van der Waals surface area contributed by atoms with E-state index in [0.29, 0.717) is 16.5 Å². The molecule has 0 aliphatic carbocycles. The lowest BCUT2D eigenvalue weighted by molar-refractivity contribution is -0.115. The molecule has 2 aromatic carbocycles. The molecular formula is C23H26N4O2S. The van der Waals surface area contributed by atoms with Gasteiger partial charge in [0.2, 0.25) is 5.91 Å². The molecule has 3 aromatic rings. The molecule has 3 rings (SSSR count). The maximum atomic E-state index is 12.3. The summed E-state index contributed by atoms with van der Waals surface area (Å²) in [7, 11) is 0. The minimum atomic E-state index is -0.368. The topological polar surface area (TPSA) is 83.1 Å². The number of hydrogen-bond donors (Lipinski definition) is 3. The number of nitrogens with zero attached hydrogens (tertiary/aromatic N) is 1. The molecule has 0 aliphatic heterocycles.